The van der Waals surface area contributed by atoms with Crippen molar-refractivity contribution in [3.05, 3.63) is 47.4 Å². The molecule has 0 spiro atoms. The normalized spacial score (nSPS) is 16.9. The number of nitrogens with zero attached hydrogens (tertiary/aromatic N) is 5. The number of amides is 2. The van der Waals surface area contributed by atoms with Crippen LogP contribution in [0.1, 0.15) is 40.1 Å². The number of morpholine rings is 1. The number of carbonyl (C=O) groups excluding carboxylic acids is 2. The summed E-state index contributed by atoms with van der Waals surface area (Å²) >= 11 is 0. The number of anilines is 2. The van der Waals surface area contributed by atoms with Gasteiger partial charge in [0.1, 0.15) is 11.7 Å². The second-order valence-electron chi connectivity index (χ2n) is 9.53. The van der Waals surface area contributed by atoms with E-state index in [-0.39, 0.29) is 36.0 Å². The summed E-state index contributed by atoms with van der Waals surface area (Å²) in [4.78, 5) is 33.8. The highest BCUT2D eigenvalue weighted by Crippen LogP contribution is 2.36. The summed E-state index contributed by atoms with van der Waals surface area (Å²) in [5.41, 5.74) is 1.15. The molecule has 11 nitrogen and oxygen atoms in total. The number of carbonyl (C=O) groups is 2. The van der Waals surface area contributed by atoms with Gasteiger partial charge in [0, 0.05) is 25.2 Å². The van der Waals surface area contributed by atoms with Gasteiger partial charge in [0.15, 0.2) is 11.4 Å². The zero-order valence-corrected chi connectivity index (χ0v) is 19.9. The average molecular weight is 499 g/mol. The molecular weight excluding hydrogens is 471 g/mol. The highest BCUT2D eigenvalue weighted by Gasteiger charge is 2.35. The molecule has 1 fully saturated rings. The van der Waals surface area contributed by atoms with Crippen molar-refractivity contribution in [2.24, 2.45) is 0 Å². The Balaban J connectivity index is 1.47. The smallest absolute Gasteiger partial charge is 0.261 e. The molecule has 190 valence electrons. The number of aromatic nitrogens is 3. The van der Waals surface area contributed by atoms with E-state index < -0.39 is 17.7 Å². The Bertz CT molecular complexity index is 1330. The van der Waals surface area contributed by atoms with Crippen LogP contribution in [0.4, 0.5) is 15.8 Å². The summed E-state index contributed by atoms with van der Waals surface area (Å²) in [6.07, 6.45) is 2.33. The molecular formula is C24H27FN6O5. The van der Waals surface area contributed by atoms with Gasteiger partial charge in [-0.2, -0.15) is 5.10 Å². The first kappa shape index (κ1) is 23.9. The summed E-state index contributed by atoms with van der Waals surface area (Å²) in [6.45, 7) is 4.80. The minimum Gasteiger partial charge on any atom is -0.505 e. The molecule has 5 rings (SSSR count). The van der Waals surface area contributed by atoms with Crippen molar-refractivity contribution in [1.82, 2.24) is 19.5 Å². The lowest BCUT2D eigenvalue weighted by molar-refractivity contribution is -0.0159. The van der Waals surface area contributed by atoms with Gasteiger partial charge in [-0.3, -0.25) is 9.59 Å². The fourth-order valence-electron chi connectivity index (χ4n) is 4.36. The van der Waals surface area contributed by atoms with Crippen LogP contribution in [0.15, 0.2) is 30.7 Å². The molecule has 1 aromatic carbocycles. The molecule has 36 heavy (non-hydrogen) atoms. The number of alkyl halides is 1. The number of aromatic hydroxyl groups is 1. The number of ether oxygens (including phenoxy) is 1. The van der Waals surface area contributed by atoms with Crippen LogP contribution in [-0.4, -0.2) is 86.1 Å². The Kier molecular flexibility index (Phi) is 6.00. The van der Waals surface area contributed by atoms with Crippen LogP contribution in [0.3, 0.4) is 0 Å². The first-order valence-electron chi connectivity index (χ1n) is 11.6. The second-order valence-corrected chi connectivity index (χ2v) is 9.53. The zero-order chi connectivity index (χ0) is 25.6. The Morgan fingerprint density at radius 3 is 2.75 bits per heavy atom. The fourth-order valence-corrected chi connectivity index (χ4v) is 4.36. The number of hydrogen-bond acceptors (Lipinski definition) is 8. The molecule has 2 aromatic heterocycles. The number of rotatable bonds is 6. The molecule has 12 heteroatoms. The van der Waals surface area contributed by atoms with Crippen LogP contribution in [0.2, 0.25) is 0 Å². The topological polar surface area (TPSA) is 133 Å². The summed E-state index contributed by atoms with van der Waals surface area (Å²) in [6, 6.07) is 3.46. The van der Waals surface area contributed by atoms with Gasteiger partial charge in [0.2, 0.25) is 0 Å². The third-order valence-corrected chi connectivity index (χ3v) is 6.43. The highest BCUT2D eigenvalue weighted by atomic mass is 19.1. The van der Waals surface area contributed by atoms with Gasteiger partial charge < -0.3 is 30.1 Å². The minimum atomic E-state index is -1.61. The quantitative estimate of drug-likeness (QED) is 0.467. The lowest BCUT2D eigenvalue weighted by Crippen LogP contribution is -2.42. The van der Waals surface area contributed by atoms with E-state index in [9.17, 15) is 24.2 Å². The molecule has 2 aliphatic rings. The van der Waals surface area contributed by atoms with Crippen molar-refractivity contribution < 1.29 is 28.9 Å². The largest absolute Gasteiger partial charge is 0.505 e. The first-order valence-corrected chi connectivity index (χ1v) is 11.6. The van der Waals surface area contributed by atoms with E-state index in [4.69, 9.17) is 4.74 Å². The third kappa shape index (κ3) is 4.44. The molecule has 0 saturated carbocycles. The van der Waals surface area contributed by atoms with Crippen molar-refractivity contribution in [2.45, 2.75) is 32.2 Å². The molecule has 1 unspecified atom stereocenters. The Morgan fingerprint density at radius 2 is 2.03 bits per heavy atom. The Morgan fingerprint density at radius 1 is 1.28 bits per heavy atom. The van der Waals surface area contributed by atoms with E-state index in [1.165, 1.54) is 41.9 Å². The van der Waals surface area contributed by atoms with Crippen molar-refractivity contribution >= 4 is 28.8 Å². The standard InChI is InChI=1S/C24H27FN6O5/c1-24(2,35)20(25)13-30-11-14-7-18(19(8-16(14)23(30)34)29-3-5-36-6-4-29)28-22(33)17-10-27-31-12-15(32)9-26-21(17)31/h7-10,12,20,32,35H,3-6,11,13H2,1-2H3,(H,28,33). The van der Waals surface area contributed by atoms with Crippen LogP contribution >= 0.6 is 0 Å². The van der Waals surface area contributed by atoms with Crippen LogP contribution in [-0.2, 0) is 11.3 Å². The van der Waals surface area contributed by atoms with Crippen LogP contribution in [0, 0.1) is 0 Å². The van der Waals surface area contributed by atoms with Gasteiger partial charge in [-0.25, -0.2) is 13.9 Å². The zero-order valence-electron chi connectivity index (χ0n) is 19.9. The van der Waals surface area contributed by atoms with Crippen molar-refractivity contribution in [1.29, 1.82) is 0 Å². The van der Waals surface area contributed by atoms with E-state index in [1.54, 1.807) is 12.1 Å². The molecule has 0 aliphatic carbocycles. The Labute approximate surface area is 206 Å². The number of aliphatic hydroxyl groups is 1. The maximum Gasteiger partial charge on any atom is 0.261 e. The van der Waals surface area contributed by atoms with Gasteiger partial charge in [0.25, 0.3) is 11.8 Å². The molecule has 2 aliphatic heterocycles. The third-order valence-electron chi connectivity index (χ3n) is 6.43. The predicted molar refractivity (Wildman–Crippen MR) is 128 cm³/mol. The number of benzene rings is 1. The van der Waals surface area contributed by atoms with Gasteiger partial charge in [0.05, 0.1) is 55.3 Å². The molecule has 0 bridgehead atoms. The molecule has 3 N–H and O–H groups in total. The number of halogens is 1. The Hall–Kier alpha value is -3.77. The number of hydrogen-bond donors (Lipinski definition) is 3. The molecule has 4 heterocycles. The number of fused-ring (bicyclic) bond motifs is 2. The first-order chi connectivity index (χ1) is 17.1. The van der Waals surface area contributed by atoms with Gasteiger partial charge >= 0.3 is 0 Å². The number of nitrogens with one attached hydrogen (secondary N) is 1. The SMILES string of the molecule is CC(C)(O)C(F)CN1Cc2cc(NC(=O)c3cnn4cc(O)cnc34)c(N3CCOCC3)cc2C1=O. The maximum atomic E-state index is 14.5. The molecule has 1 atom stereocenters. The monoisotopic (exact) mass is 498 g/mol. The van der Waals surface area contributed by atoms with Crippen molar-refractivity contribution in [3.63, 3.8) is 0 Å². The fraction of sp³-hybridized carbons (Fsp3) is 0.417. The van der Waals surface area contributed by atoms with Crippen molar-refractivity contribution in [3.8, 4) is 5.75 Å². The lowest BCUT2D eigenvalue weighted by atomic mass is 10.0. The van der Waals surface area contributed by atoms with E-state index >= 15 is 0 Å². The van der Waals surface area contributed by atoms with Crippen LogP contribution in [0.25, 0.3) is 5.65 Å². The predicted octanol–water partition coefficient (Wildman–Crippen LogP) is 1.59. The lowest BCUT2D eigenvalue weighted by Gasteiger charge is -2.31. The minimum absolute atomic E-state index is 0.0832. The second kappa shape index (κ2) is 9.03. The molecule has 3 aromatic rings. The van der Waals surface area contributed by atoms with E-state index in [0.717, 1.165) is 0 Å². The van der Waals surface area contributed by atoms with Gasteiger partial charge in [-0.1, -0.05) is 0 Å². The van der Waals surface area contributed by atoms with Gasteiger partial charge in [-0.15, -0.1) is 0 Å². The van der Waals surface area contributed by atoms with E-state index in [0.29, 0.717) is 48.8 Å². The molecule has 1 saturated heterocycles. The van der Waals surface area contributed by atoms with Gasteiger partial charge in [-0.05, 0) is 31.5 Å². The van der Waals surface area contributed by atoms with Crippen molar-refractivity contribution in [2.75, 3.05) is 43.1 Å². The molecule has 2 amide bonds. The van der Waals surface area contributed by atoms with Crippen LogP contribution < -0.4 is 10.2 Å². The highest BCUT2D eigenvalue weighted by molar-refractivity contribution is 6.10. The van der Waals surface area contributed by atoms with E-state index in [2.05, 4.69) is 15.4 Å². The molecule has 0 radical (unpaired) electrons. The summed E-state index contributed by atoms with van der Waals surface area (Å²) in [5, 5.41) is 26.6. The maximum absolute atomic E-state index is 14.5. The summed E-state index contributed by atoms with van der Waals surface area (Å²) in [5.74, 6) is -0.860. The summed E-state index contributed by atoms with van der Waals surface area (Å²) < 4.78 is 21.3. The van der Waals surface area contributed by atoms with E-state index in [1.807, 2.05) is 4.90 Å². The average Bonchev–Trinajstić information content (AvgIpc) is 3.39. The summed E-state index contributed by atoms with van der Waals surface area (Å²) in [7, 11) is 0. The van der Waals surface area contributed by atoms with Crippen LogP contribution in [0.5, 0.6) is 5.75 Å².